The number of hydrogen-bond acceptors (Lipinski definition) is 4. The second-order valence-electron chi connectivity index (χ2n) is 7.18. The first kappa shape index (κ1) is 19.5. The first-order valence-electron chi connectivity index (χ1n) is 9.06. The van der Waals surface area contributed by atoms with Gasteiger partial charge >= 0.3 is 0 Å². The van der Waals surface area contributed by atoms with Crippen molar-refractivity contribution in [2.75, 3.05) is 39.4 Å². The minimum Gasteiger partial charge on any atom is -0.378 e. The molecule has 7 heteroatoms. The van der Waals surface area contributed by atoms with Crippen LogP contribution in [0.15, 0.2) is 0 Å². The van der Waals surface area contributed by atoms with Crippen molar-refractivity contribution in [2.24, 2.45) is 17.6 Å². The van der Waals surface area contributed by atoms with Gasteiger partial charge in [0.25, 0.3) is 0 Å². The van der Waals surface area contributed by atoms with Crippen molar-refractivity contribution < 1.29 is 14.3 Å². The molecule has 24 heavy (non-hydrogen) atoms. The highest BCUT2D eigenvalue weighted by Gasteiger charge is 2.35. The van der Waals surface area contributed by atoms with Crippen LogP contribution in [0.5, 0.6) is 0 Å². The number of amides is 2. The molecule has 0 spiro atoms. The SMILES string of the molecule is Cl.NC1CCCC(C(=O)N2CCCC(C(=O)N3CCOCC3)C2)C1. The van der Waals surface area contributed by atoms with Gasteiger partial charge in [-0.25, -0.2) is 0 Å². The van der Waals surface area contributed by atoms with Gasteiger partial charge in [-0.15, -0.1) is 12.4 Å². The molecular formula is C17H30ClN3O3. The number of nitrogens with zero attached hydrogens (tertiary/aromatic N) is 2. The zero-order valence-electron chi connectivity index (χ0n) is 14.3. The summed E-state index contributed by atoms with van der Waals surface area (Å²) in [7, 11) is 0. The van der Waals surface area contributed by atoms with Gasteiger partial charge in [-0.3, -0.25) is 9.59 Å². The van der Waals surface area contributed by atoms with Crippen LogP contribution in [0, 0.1) is 11.8 Å². The van der Waals surface area contributed by atoms with Crippen LogP contribution in [0.25, 0.3) is 0 Å². The number of rotatable bonds is 2. The Hall–Kier alpha value is -0.850. The number of carbonyl (C=O) groups excluding carboxylic acids is 2. The molecule has 0 bridgehead atoms. The standard InChI is InChI=1S/C17H29N3O3.ClH/c18-15-5-1-3-13(11-15)16(21)20-6-2-4-14(12-20)17(22)19-7-9-23-10-8-19;/h13-15H,1-12,18H2;1H. The molecule has 2 aliphatic heterocycles. The van der Waals surface area contributed by atoms with E-state index in [2.05, 4.69) is 0 Å². The van der Waals surface area contributed by atoms with E-state index in [0.29, 0.717) is 32.8 Å². The predicted molar refractivity (Wildman–Crippen MR) is 93.9 cm³/mol. The molecule has 3 rings (SSSR count). The highest BCUT2D eigenvalue weighted by Crippen LogP contribution is 2.27. The summed E-state index contributed by atoms with van der Waals surface area (Å²) in [5.74, 6) is 0.449. The molecule has 0 aromatic rings. The highest BCUT2D eigenvalue weighted by molar-refractivity contribution is 5.85. The molecule has 0 aromatic heterocycles. The minimum absolute atomic E-state index is 0. The monoisotopic (exact) mass is 359 g/mol. The molecule has 6 nitrogen and oxygen atoms in total. The molecule has 0 radical (unpaired) electrons. The molecule has 3 aliphatic rings. The summed E-state index contributed by atoms with van der Waals surface area (Å²) < 4.78 is 5.32. The summed E-state index contributed by atoms with van der Waals surface area (Å²) in [5, 5.41) is 0. The van der Waals surface area contributed by atoms with E-state index in [1.54, 1.807) is 0 Å². The fraction of sp³-hybridized carbons (Fsp3) is 0.882. The van der Waals surface area contributed by atoms with Crippen molar-refractivity contribution in [1.82, 2.24) is 9.80 Å². The van der Waals surface area contributed by atoms with Gasteiger partial charge in [0.15, 0.2) is 0 Å². The third-order valence-electron chi connectivity index (χ3n) is 5.47. The quantitative estimate of drug-likeness (QED) is 0.798. The minimum atomic E-state index is -0.0388. The van der Waals surface area contributed by atoms with Gasteiger partial charge in [-0.2, -0.15) is 0 Å². The molecule has 1 saturated carbocycles. The smallest absolute Gasteiger partial charge is 0.227 e. The molecule has 138 valence electrons. The van der Waals surface area contributed by atoms with Crippen LogP contribution in [0.1, 0.15) is 38.5 Å². The van der Waals surface area contributed by atoms with Crippen LogP contribution in [-0.4, -0.2) is 67.0 Å². The topological polar surface area (TPSA) is 75.9 Å². The Bertz CT molecular complexity index is 443. The maximum atomic E-state index is 12.8. The van der Waals surface area contributed by atoms with Crippen LogP contribution in [0.4, 0.5) is 0 Å². The fourth-order valence-corrected chi connectivity index (χ4v) is 4.13. The van der Waals surface area contributed by atoms with Crippen molar-refractivity contribution in [3.8, 4) is 0 Å². The molecule has 2 amide bonds. The molecule has 2 heterocycles. The van der Waals surface area contributed by atoms with Crippen molar-refractivity contribution in [3.63, 3.8) is 0 Å². The van der Waals surface area contributed by atoms with Crippen LogP contribution in [0.2, 0.25) is 0 Å². The van der Waals surface area contributed by atoms with Crippen LogP contribution in [-0.2, 0) is 14.3 Å². The molecule has 0 aromatic carbocycles. The van der Waals surface area contributed by atoms with E-state index in [1.807, 2.05) is 9.80 Å². The second kappa shape index (κ2) is 9.02. The van der Waals surface area contributed by atoms with Gasteiger partial charge in [-0.1, -0.05) is 6.42 Å². The van der Waals surface area contributed by atoms with Crippen molar-refractivity contribution in [3.05, 3.63) is 0 Å². The number of piperidine rings is 1. The van der Waals surface area contributed by atoms with Gasteiger partial charge in [0.05, 0.1) is 19.1 Å². The largest absolute Gasteiger partial charge is 0.378 e. The zero-order valence-corrected chi connectivity index (χ0v) is 15.1. The van der Waals surface area contributed by atoms with E-state index in [4.69, 9.17) is 10.5 Å². The number of hydrogen-bond donors (Lipinski definition) is 1. The van der Waals surface area contributed by atoms with Gasteiger partial charge in [0.1, 0.15) is 0 Å². The van der Waals surface area contributed by atoms with E-state index >= 15 is 0 Å². The second-order valence-corrected chi connectivity index (χ2v) is 7.18. The zero-order chi connectivity index (χ0) is 16.2. The number of nitrogens with two attached hydrogens (primary N) is 1. The number of ether oxygens (including phenoxy) is 1. The Morgan fingerprint density at radius 3 is 2.25 bits per heavy atom. The normalized spacial score (nSPS) is 31.3. The van der Waals surface area contributed by atoms with E-state index < -0.39 is 0 Å². The Kier molecular flexibility index (Phi) is 7.32. The summed E-state index contributed by atoms with van der Waals surface area (Å²) in [5.41, 5.74) is 6.02. The number of morpholine rings is 1. The van der Waals surface area contributed by atoms with Crippen LogP contribution >= 0.6 is 12.4 Å². The average molecular weight is 360 g/mol. The Morgan fingerprint density at radius 2 is 1.54 bits per heavy atom. The fourth-order valence-electron chi connectivity index (χ4n) is 4.13. The Morgan fingerprint density at radius 1 is 0.875 bits per heavy atom. The molecular weight excluding hydrogens is 330 g/mol. The highest BCUT2D eigenvalue weighted by atomic mass is 35.5. The molecule has 1 aliphatic carbocycles. The molecule has 3 unspecified atom stereocenters. The third-order valence-corrected chi connectivity index (χ3v) is 5.47. The predicted octanol–water partition coefficient (Wildman–Crippen LogP) is 1.02. The lowest BCUT2D eigenvalue weighted by Gasteiger charge is -2.38. The third kappa shape index (κ3) is 4.61. The van der Waals surface area contributed by atoms with Gasteiger partial charge < -0.3 is 20.3 Å². The van der Waals surface area contributed by atoms with E-state index in [1.165, 1.54) is 0 Å². The summed E-state index contributed by atoms with van der Waals surface area (Å²) in [4.78, 5) is 29.3. The first-order valence-corrected chi connectivity index (χ1v) is 9.06. The molecule has 2 N–H and O–H groups in total. The summed E-state index contributed by atoms with van der Waals surface area (Å²) in [6.45, 7) is 3.99. The van der Waals surface area contributed by atoms with Gasteiger partial charge in [0.2, 0.25) is 11.8 Å². The van der Waals surface area contributed by atoms with E-state index in [0.717, 1.165) is 45.1 Å². The van der Waals surface area contributed by atoms with E-state index in [-0.39, 0.29) is 42.1 Å². The summed E-state index contributed by atoms with van der Waals surface area (Å²) in [6, 6.07) is 0.160. The lowest BCUT2D eigenvalue weighted by atomic mass is 9.84. The summed E-state index contributed by atoms with van der Waals surface area (Å²) >= 11 is 0. The lowest BCUT2D eigenvalue weighted by Crippen LogP contribution is -2.51. The number of carbonyl (C=O) groups is 2. The van der Waals surface area contributed by atoms with Gasteiger partial charge in [-0.05, 0) is 32.1 Å². The maximum absolute atomic E-state index is 12.8. The molecule has 3 fully saturated rings. The number of likely N-dealkylation sites (tertiary alicyclic amines) is 1. The molecule has 3 atom stereocenters. The molecule has 2 saturated heterocycles. The Labute approximate surface area is 150 Å². The average Bonchev–Trinajstić information content (AvgIpc) is 2.61. The van der Waals surface area contributed by atoms with Crippen molar-refractivity contribution in [1.29, 1.82) is 0 Å². The van der Waals surface area contributed by atoms with Crippen LogP contribution in [0.3, 0.4) is 0 Å². The van der Waals surface area contributed by atoms with Crippen molar-refractivity contribution >= 4 is 24.2 Å². The summed E-state index contributed by atoms with van der Waals surface area (Å²) in [6.07, 6.45) is 5.64. The van der Waals surface area contributed by atoms with Gasteiger partial charge in [0, 0.05) is 38.1 Å². The Balaban J connectivity index is 0.00000208. The van der Waals surface area contributed by atoms with E-state index in [9.17, 15) is 9.59 Å². The van der Waals surface area contributed by atoms with Crippen molar-refractivity contribution in [2.45, 2.75) is 44.6 Å². The lowest BCUT2D eigenvalue weighted by molar-refractivity contribution is -0.145. The van der Waals surface area contributed by atoms with Crippen LogP contribution < -0.4 is 5.73 Å². The first-order chi connectivity index (χ1) is 11.1. The number of halogens is 1. The maximum Gasteiger partial charge on any atom is 0.227 e.